The highest BCUT2D eigenvalue weighted by Gasteiger charge is 2.33. The lowest BCUT2D eigenvalue weighted by Crippen LogP contribution is -2.45. The van der Waals surface area contributed by atoms with Crippen molar-refractivity contribution in [3.63, 3.8) is 0 Å². The highest BCUT2D eigenvalue weighted by atomic mass is 16.5. The first kappa shape index (κ1) is 23.1. The molecule has 2 aliphatic rings. The minimum atomic E-state index is 0.383. The van der Waals surface area contributed by atoms with Crippen LogP contribution in [0.1, 0.15) is 51.0 Å². The lowest BCUT2D eigenvalue weighted by molar-refractivity contribution is 0.105. The predicted octanol–water partition coefficient (Wildman–Crippen LogP) is 3.70. The molecule has 0 spiro atoms. The summed E-state index contributed by atoms with van der Waals surface area (Å²) >= 11 is 0. The number of nitrogens with one attached hydrogen (secondary N) is 2. The summed E-state index contributed by atoms with van der Waals surface area (Å²) in [4.78, 5) is 7.09. The molecule has 1 heterocycles. The molecule has 1 saturated heterocycles. The van der Waals surface area contributed by atoms with Crippen LogP contribution in [0.25, 0.3) is 0 Å². The number of nitrogens with zero attached hydrogens (tertiary/aromatic N) is 2. The Balaban J connectivity index is 1.36. The fourth-order valence-corrected chi connectivity index (χ4v) is 5.02. The van der Waals surface area contributed by atoms with Crippen molar-refractivity contribution in [1.82, 2.24) is 15.5 Å². The van der Waals surface area contributed by atoms with Gasteiger partial charge in [-0.3, -0.25) is 4.99 Å². The summed E-state index contributed by atoms with van der Waals surface area (Å²) in [5.41, 5.74) is 1.82. The van der Waals surface area contributed by atoms with Gasteiger partial charge in [-0.05, 0) is 62.5 Å². The van der Waals surface area contributed by atoms with Gasteiger partial charge in [0, 0.05) is 46.4 Å². The number of hydrogen-bond donors (Lipinski definition) is 2. The quantitative estimate of drug-likeness (QED) is 0.329. The smallest absolute Gasteiger partial charge is 0.191 e. The molecule has 5 nitrogen and oxygen atoms in total. The molecular weight excluding hydrogens is 372 g/mol. The maximum Gasteiger partial charge on any atom is 0.191 e. The molecule has 1 aliphatic carbocycles. The van der Waals surface area contributed by atoms with E-state index >= 15 is 0 Å². The lowest BCUT2D eigenvalue weighted by Gasteiger charge is -2.30. The largest absolute Gasteiger partial charge is 0.382 e. The van der Waals surface area contributed by atoms with Crippen molar-refractivity contribution in [3.05, 3.63) is 35.9 Å². The summed E-state index contributed by atoms with van der Waals surface area (Å²) in [6.07, 6.45) is 8.89. The van der Waals surface area contributed by atoms with Crippen LogP contribution in [0.4, 0.5) is 0 Å². The third kappa shape index (κ3) is 7.28. The number of ether oxygens (including phenoxy) is 1. The van der Waals surface area contributed by atoms with E-state index in [1.54, 1.807) is 0 Å². The Bertz CT molecular complexity index is 627. The molecule has 1 aromatic rings. The van der Waals surface area contributed by atoms with E-state index in [0.29, 0.717) is 11.3 Å². The second-order valence-electron chi connectivity index (χ2n) is 9.15. The van der Waals surface area contributed by atoms with Gasteiger partial charge in [0.05, 0.1) is 0 Å². The first-order valence-electron chi connectivity index (χ1n) is 12.0. The van der Waals surface area contributed by atoms with E-state index in [9.17, 15) is 0 Å². The Kier molecular flexibility index (Phi) is 9.47. The summed E-state index contributed by atoms with van der Waals surface area (Å²) in [6.45, 7) is 9.36. The summed E-state index contributed by atoms with van der Waals surface area (Å²) in [5, 5.41) is 7.23. The maximum atomic E-state index is 5.65. The molecule has 0 bridgehead atoms. The van der Waals surface area contributed by atoms with Crippen LogP contribution in [-0.2, 0) is 11.2 Å². The van der Waals surface area contributed by atoms with Crippen molar-refractivity contribution in [2.24, 2.45) is 16.3 Å². The number of benzene rings is 1. The van der Waals surface area contributed by atoms with Gasteiger partial charge in [-0.15, -0.1) is 0 Å². The molecule has 5 heteroatoms. The number of rotatable bonds is 11. The molecule has 3 rings (SSSR count). The monoisotopic (exact) mass is 414 g/mol. The van der Waals surface area contributed by atoms with Crippen molar-refractivity contribution < 1.29 is 4.74 Å². The summed E-state index contributed by atoms with van der Waals surface area (Å²) in [7, 11) is 1.89. The van der Waals surface area contributed by atoms with Crippen LogP contribution in [0, 0.1) is 11.3 Å². The van der Waals surface area contributed by atoms with Crippen molar-refractivity contribution in [2.75, 3.05) is 53.0 Å². The molecule has 2 fully saturated rings. The maximum absolute atomic E-state index is 5.65. The molecule has 0 radical (unpaired) electrons. The molecular formula is C25H42N4O. The van der Waals surface area contributed by atoms with Gasteiger partial charge in [0.25, 0.3) is 0 Å². The predicted molar refractivity (Wildman–Crippen MR) is 126 cm³/mol. The fraction of sp³-hybridized carbons (Fsp3) is 0.720. The van der Waals surface area contributed by atoms with E-state index in [0.717, 1.165) is 51.6 Å². The minimum absolute atomic E-state index is 0.383. The van der Waals surface area contributed by atoms with Gasteiger partial charge in [0.15, 0.2) is 5.96 Å². The van der Waals surface area contributed by atoms with Crippen LogP contribution in [0.15, 0.2) is 35.3 Å². The standard InChI is InChI=1S/C25H42N4O/c1-3-30-18-15-25(13-7-8-14-25)21-28-24(26-2)27-19-23-12-17-29(20-23)16-11-22-9-5-4-6-10-22/h4-6,9-10,23H,3,7-8,11-21H2,1-2H3,(H2,26,27,28). The van der Waals surface area contributed by atoms with E-state index < -0.39 is 0 Å². The first-order chi connectivity index (χ1) is 14.7. The van der Waals surface area contributed by atoms with Crippen LogP contribution in [0.3, 0.4) is 0 Å². The number of aliphatic imine (C=N–C) groups is 1. The molecule has 1 aromatic carbocycles. The molecule has 0 aromatic heterocycles. The van der Waals surface area contributed by atoms with Gasteiger partial charge in [-0.2, -0.15) is 0 Å². The van der Waals surface area contributed by atoms with E-state index in [1.807, 2.05) is 7.05 Å². The molecule has 168 valence electrons. The van der Waals surface area contributed by atoms with E-state index in [1.165, 1.54) is 50.8 Å². The van der Waals surface area contributed by atoms with Gasteiger partial charge in [-0.1, -0.05) is 43.2 Å². The van der Waals surface area contributed by atoms with Gasteiger partial charge < -0.3 is 20.3 Å². The Morgan fingerprint density at radius 3 is 2.73 bits per heavy atom. The number of guanidine groups is 1. The zero-order valence-corrected chi connectivity index (χ0v) is 19.2. The molecule has 2 N–H and O–H groups in total. The van der Waals surface area contributed by atoms with Crippen molar-refractivity contribution in [3.8, 4) is 0 Å². The van der Waals surface area contributed by atoms with Crippen molar-refractivity contribution in [2.45, 2.75) is 51.9 Å². The van der Waals surface area contributed by atoms with Gasteiger partial charge in [0.1, 0.15) is 0 Å². The molecule has 1 aliphatic heterocycles. The SMILES string of the molecule is CCOCCC1(CNC(=NC)NCC2CCN(CCc3ccccc3)C2)CCCC1. The van der Waals surface area contributed by atoms with Crippen molar-refractivity contribution in [1.29, 1.82) is 0 Å². The number of hydrogen-bond acceptors (Lipinski definition) is 3. The van der Waals surface area contributed by atoms with E-state index in [-0.39, 0.29) is 0 Å². The Morgan fingerprint density at radius 2 is 2.00 bits per heavy atom. The van der Waals surface area contributed by atoms with Gasteiger partial charge >= 0.3 is 0 Å². The van der Waals surface area contributed by atoms with Crippen LogP contribution in [0.5, 0.6) is 0 Å². The van der Waals surface area contributed by atoms with Gasteiger partial charge in [-0.25, -0.2) is 0 Å². The zero-order valence-electron chi connectivity index (χ0n) is 19.2. The van der Waals surface area contributed by atoms with Crippen LogP contribution in [-0.4, -0.2) is 63.8 Å². The van der Waals surface area contributed by atoms with E-state index in [2.05, 4.69) is 57.8 Å². The van der Waals surface area contributed by atoms with E-state index in [4.69, 9.17) is 4.74 Å². The highest BCUT2D eigenvalue weighted by molar-refractivity contribution is 5.79. The van der Waals surface area contributed by atoms with Crippen molar-refractivity contribution >= 4 is 5.96 Å². The normalized spacial score (nSPS) is 21.8. The highest BCUT2D eigenvalue weighted by Crippen LogP contribution is 2.40. The van der Waals surface area contributed by atoms with Crippen LogP contribution in [0.2, 0.25) is 0 Å². The second kappa shape index (κ2) is 12.3. The number of likely N-dealkylation sites (tertiary alicyclic amines) is 1. The average molecular weight is 415 g/mol. The third-order valence-corrected chi connectivity index (χ3v) is 6.99. The van der Waals surface area contributed by atoms with Gasteiger partial charge in [0.2, 0.25) is 0 Å². The fourth-order valence-electron chi connectivity index (χ4n) is 5.02. The third-order valence-electron chi connectivity index (χ3n) is 6.99. The topological polar surface area (TPSA) is 48.9 Å². The van der Waals surface area contributed by atoms with Crippen LogP contribution >= 0.6 is 0 Å². The minimum Gasteiger partial charge on any atom is -0.382 e. The Hall–Kier alpha value is -1.59. The summed E-state index contributed by atoms with van der Waals surface area (Å²) in [6, 6.07) is 10.8. The lowest BCUT2D eigenvalue weighted by atomic mass is 9.83. The molecule has 1 unspecified atom stereocenters. The molecule has 1 atom stereocenters. The Labute approximate surface area is 183 Å². The first-order valence-corrected chi connectivity index (χ1v) is 12.0. The van der Waals surface area contributed by atoms with Crippen LogP contribution < -0.4 is 10.6 Å². The Morgan fingerprint density at radius 1 is 1.20 bits per heavy atom. The zero-order chi connectivity index (χ0) is 21.1. The summed E-state index contributed by atoms with van der Waals surface area (Å²) in [5.74, 6) is 1.66. The average Bonchev–Trinajstić information content (AvgIpc) is 3.43. The molecule has 0 amide bonds. The molecule has 1 saturated carbocycles. The second-order valence-corrected chi connectivity index (χ2v) is 9.15. The summed E-state index contributed by atoms with van der Waals surface area (Å²) < 4.78 is 5.65. The molecule has 30 heavy (non-hydrogen) atoms.